The van der Waals surface area contributed by atoms with Gasteiger partial charge in [0.05, 0.1) is 6.54 Å². The van der Waals surface area contributed by atoms with Gasteiger partial charge in [0, 0.05) is 17.1 Å². The van der Waals surface area contributed by atoms with Crippen molar-refractivity contribution in [1.29, 1.82) is 0 Å². The standard InChI is InChI=1S/C15H11F2NO/c16-13-6-5-11(8-14(13)17)18-9-12-7-10-3-1-2-4-15(10)19-12/h1-8,18H,9H2. The summed E-state index contributed by atoms with van der Waals surface area (Å²) < 4.78 is 31.4. The third-order valence-electron chi connectivity index (χ3n) is 2.86. The summed E-state index contributed by atoms with van der Waals surface area (Å²) in [6.45, 7) is 0.416. The summed E-state index contributed by atoms with van der Waals surface area (Å²) in [6.07, 6.45) is 0. The fourth-order valence-electron chi connectivity index (χ4n) is 1.92. The maximum absolute atomic E-state index is 13.0. The topological polar surface area (TPSA) is 25.2 Å². The molecular formula is C15H11F2NO. The number of fused-ring (bicyclic) bond motifs is 1. The van der Waals surface area contributed by atoms with Crippen molar-refractivity contribution in [2.75, 3.05) is 5.32 Å². The van der Waals surface area contributed by atoms with Crippen molar-refractivity contribution >= 4 is 16.7 Å². The Morgan fingerprint density at radius 1 is 0.947 bits per heavy atom. The Balaban J connectivity index is 1.76. The molecule has 0 aliphatic rings. The van der Waals surface area contributed by atoms with Gasteiger partial charge >= 0.3 is 0 Å². The van der Waals surface area contributed by atoms with E-state index in [1.165, 1.54) is 6.07 Å². The summed E-state index contributed by atoms with van der Waals surface area (Å²) in [5.74, 6) is -0.977. The van der Waals surface area contributed by atoms with Gasteiger partial charge in [-0.25, -0.2) is 8.78 Å². The predicted molar refractivity (Wildman–Crippen MR) is 69.9 cm³/mol. The van der Waals surface area contributed by atoms with E-state index in [2.05, 4.69) is 5.32 Å². The smallest absolute Gasteiger partial charge is 0.160 e. The highest BCUT2D eigenvalue weighted by Crippen LogP contribution is 2.20. The summed E-state index contributed by atoms with van der Waals surface area (Å²) in [5.41, 5.74) is 1.32. The zero-order valence-electron chi connectivity index (χ0n) is 9.99. The molecule has 0 amide bonds. The lowest BCUT2D eigenvalue weighted by Crippen LogP contribution is -1.99. The third kappa shape index (κ3) is 2.42. The molecule has 0 saturated carbocycles. The van der Waals surface area contributed by atoms with E-state index in [4.69, 9.17) is 4.42 Å². The highest BCUT2D eigenvalue weighted by atomic mass is 19.2. The van der Waals surface area contributed by atoms with Crippen LogP contribution in [0, 0.1) is 11.6 Å². The fourth-order valence-corrected chi connectivity index (χ4v) is 1.92. The van der Waals surface area contributed by atoms with Gasteiger partial charge in [0.25, 0.3) is 0 Å². The fraction of sp³-hybridized carbons (Fsp3) is 0.0667. The van der Waals surface area contributed by atoms with Gasteiger partial charge in [-0.1, -0.05) is 18.2 Å². The van der Waals surface area contributed by atoms with Crippen LogP contribution in [-0.4, -0.2) is 0 Å². The lowest BCUT2D eigenvalue weighted by Gasteiger charge is -2.04. The molecule has 3 aromatic rings. The van der Waals surface area contributed by atoms with Crippen LogP contribution in [0.3, 0.4) is 0 Å². The molecule has 1 heterocycles. The Labute approximate surface area is 108 Å². The van der Waals surface area contributed by atoms with E-state index in [0.717, 1.165) is 28.9 Å². The van der Waals surface area contributed by atoms with E-state index < -0.39 is 11.6 Å². The second-order valence-corrected chi connectivity index (χ2v) is 4.23. The van der Waals surface area contributed by atoms with Crippen LogP contribution in [0.5, 0.6) is 0 Å². The summed E-state index contributed by atoms with van der Waals surface area (Å²) in [5, 5.41) is 4.01. The van der Waals surface area contributed by atoms with Gasteiger partial charge in [-0.15, -0.1) is 0 Å². The molecule has 2 aromatic carbocycles. The van der Waals surface area contributed by atoms with E-state index >= 15 is 0 Å². The number of nitrogens with one attached hydrogen (secondary N) is 1. The Kier molecular flexibility index (Phi) is 2.91. The monoisotopic (exact) mass is 259 g/mol. The molecule has 0 spiro atoms. The molecule has 0 fully saturated rings. The molecule has 19 heavy (non-hydrogen) atoms. The Morgan fingerprint density at radius 3 is 2.58 bits per heavy atom. The number of benzene rings is 2. The van der Waals surface area contributed by atoms with Crippen molar-refractivity contribution in [3.63, 3.8) is 0 Å². The predicted octanol–water partition coefficient (Wildman–Crippen LogP) is 4.32. The Bertz CT molecular complexity index is 688. The minimum absolute atomic E-state index is 0.416. The van der Waals surface area contributed by atoms with Crippen molar-refractivity contribution in [2.45, 2.75) is 6.54 Å². The van der Waals surface area contributed by atoms with Crippen molar-refractivity contribution in [3.05, 3.63) is 65.9 Å². The first-order valence-electron chi connectivity index (χ1n) is 5.89. The molecule has 1 N–H and O–H groups in total. The summed E-state index contributed by atoms with van der Waals surface area (Å²) in [7, 11) is 0. The van der Waals surface area contributed by atoms with Gasteiger partial charge in [0.15, 0.2) is 11.6 Å². The number of rotatable bonds is 3. The molecule has 0 atom stereocenters. The lowest BCUT2D eigenvalue weighted by atomic mass is 10.2. The molecule has 4 heteroatoms. The first-order valence-corrected chi connectivity index (χ1v) is 5.89. The maximum Gasteiger partial charge on any atom is 0.160 e. The van der Waals surface area contributed by atoms with Gasteiger partial charge in [-0.3, -0.25) is 0 Å². The van der Waals surface area contributed by atoms with Crippen LogP contribution in [-0.2, 0) is 6.54 Å². The first kappa shape index (κ1) is 11.7. The van der Waals surface area contributed by atoms with E-state index in [0.29, 0.717) is 12.2 Å². The SMILES string of the molecule is Fc1ccc(NCc2cc3ccccc3o2)cc1F. The van der Waals surface area contributed by atoms with Crippen molar-refractivity contribution < 1.29 is 13.2 Å². The molecule has 0 bridgehead atoms. The molecule has 0 aliphatic heterocycles. The number of halogens is 2. The molecule has 0 aliphatic carbocycles. The highest BCUT2D eigenvalue weighted by molar-refractivity contribution is 5.77. The van der Waals surface area contributed by atoms with Crippen LogP contribution in [0.2, 0.25) is 0 Å². The second-order valence-electron chi connectivity index (χ2n) is 4.23. The third-order valence-corrected chi connectivity index (χ3v) is 2.86. The largest absolute Gasteiger partial charge is 0.459 e. The zero-order valence-corrected chi connectivity index (χ0v) is 9.99. The zero-order chi connectivity index (χ0) is 13.2. The van der Waals surface area contributed by atoms with Gasteiger partial charge in [0.1, 0.15) is 11.3 Å². The van der Waals surface area contributed by atoms with Gasteiger partial charge in [-0.05, 0) is 24.3 Å². The molecular weight excluding hydrogens is 248 g/mol. The molecule has 2 nitrogen and oxygen atoms in total. The molecule has 1 aromatic heterocycles. The van der Waals surface area contributed by atoms with Gasteiger partial charge in [0.2, 0.25) is 0 Å². The minimum Gasteiger partial charge on any atom is -0.459 e. The van der Waals surface area contributed by atoms with Crippen LogP contribution in [0.1, 0.15) is 5.76 Å². The van der Waals surface area contributed by atoms with Crippen LogP contribution in [0.25, 0.3) is 11.0 Å². The molecule has 0 unspecified atom stereocenters. The van der Waals surface area contributed by atoms with E-state index in [1.807, 2.05) is 30.3 Å². The summed E-state index contributed by atoms with van der Waals surface area (Å²) in [4.78, 5) is 0. The van der Waals surface area contributed by atoms with E-state index in [9.17, 15) is 8.78 Å². The van der Waals surface area contributed by atoms with Crippen molar-refractivity contribution in [2.24, 2.45) is 0 Å². The van der Waals surface area contributed by atoms with Gasteiger partial charge < -0.3 is 9.73 Å². The van der Waals surface area contributed by atoms with Crippen LogP contribution < -0.4 is 5.32 Å². The number of para-hydroxylation sites is 1. The normalized spacial score (nSPS) is 10.8. The van der Waals surface area contributed by atoms with Crippen LogP contribution in [0.4, 0.5) is 14.5 Å². The van der Waals surface area contributed by atoms with E-state index in [1.54, 1.807) is 0 Å². The average molecular weight is 259 g/mol. The van der Waals surface area contributed by atoms with Crippen molar-refractivity contribution in [3.8, 4) is 0 Å². The first-order chi connectivity index (χ1) is 9.22. The number of anilines is 1. The van der Waals surface area contributed by atoms with Crippen LogP contribution in [0.15, 0.2) is 52.9 Å². The number of hydrogen-bond donors (Lipinski definition) is 1. The summed E-state index contributed by atoms with van der Waals surface area (Å²) in [6, 6.07) is 13.3. The van der Waals surface area contributed by atoms with Gasteiger partial charge in [-0.2, -0.15) is 0 Å². The number of furan rings is 1. The average Bonchev–Trinajstić information content (AvgIpc) is 2.83. The maximum atomic E-state index is 13.0. The van der Waals surface area contributed by atoms with Crippen molar-refractivity contribution in [1.82, 2.24) is 0 Å². The quantitative estimate of drug-likeness (QED) is 0.757. The lowest BCUT2D eigenvalue weighted by molar-refractivity contribution is 0.509. The molecule has 0 radical (unpaired) electrons. The highest BCUT2D eigenvalue weighted by Gasteiger charge is 2.05. The Hall–Kier alpha value is -2.36. The van der Waals surface area contributed by atoms with E-state index in [-0.39, 0.29) is 0 Å². The second kappa shape index (κ2) is 4.72. The minimum atomic E-state index is -0.866. The molecule has 96 valence electrons. The summed E-state index contributed by atoms with van der Waals surface area (Å²) >= 11 is 0. The van der Waals surface area contributed by atoms with Crippen LogP contribution >= 0.6 is 0 Å². The molecule has 3 rings (SSSR count). The Morgan fingerprint density at radius 2 is 1.79 bits per heavy atom. The number of hydrogen-bond acceptors (Lipinski definition) is 2. The molecule has 0 saturated heterocycles.